The summed E-state index contributed by atoms with van der Waals surface area (Å²) < 4.78 is 5.73. The lowest BCUT2D eigenvalue weighted by atomic mass is 10.1. The second kappa shape index (κ2) is 6.25. The average molecular weight is 331 g/mol. The summed E-state index contributed by atoms with van der Waals surface area (Å²) in [5.41, 5.74) is 5.89. The van der Waals surface area contributed by atoms with Crippen LogP contribution < -0.4 is 11.1 Å². The van der Waals surface area contributed by atoms with E-state index in [1.807, 2.05) is 0 Å². The highest BCUT2D eigenvalue weighted by Crippen LogP contribution is 2.27. The first-order valence-corrected chi connectivity index (χ1v) is 6.70. The van der Waals surface area contributed by atoms with E-state index in [0.29, 0.717) is 4.47 Å². The third-order valence-corrected chi connectivity index (χ3v) is 2.94. The summed E-state index contributed by atoms with van der Waals surface area (Å²) in [5.74, 6) is 0.136. The van der Waals surface area contributed by atoms with Crippen LogP contribution in [0.15, 0.2) is 22.7 Å². The number of alkyl carbamates (subject to hydrolysis) is 1. The molecule has 1 unspecified atom stereocenters. The van der Waals surface area contributed by atoms with Gasteiger partial charge in [0.15, 0.2) is 0 Å². The molecule has 0 fully saturated rings. The number of ether oxygens (including phenoxy) is 1. The zero-order valence-corrected chi connectivity index (χ0v) is 12.8. The Bertz CT molecular complexity index is 458. The summed E-state index contributed by atoms with van der Waals surface area (Å²) in [7, 11) is 0. The summed E-state index contributed by atoms with van der Waals surface area (Å²) in [6, 6.07) is 4.59. The van der Waals surface area contributed by atoms with E-state index in [1.165, 1.54) is 0 Å². The van der Waals surface area contributed by atoms with Crippen molar-refractivity contribution >= 4 is 22.0 Å². The molecular formula is C13H19BrN2O3. The molecule has 1 atom stereocenters. The maximum Gasteiger partial charge on any atom is 0.408 e. The van der Waals surface area contributed by atoms with Gasteiger partial charge in [-0.25, -0.2) is 4.79 Å². The number of carbonyl (C=O) groups excluding carboxylic acids is 1. The number of benzene rings is 1. The Morgan fingerprint density at radius 3 is 2.63 bits per heavy atom. The van der Waals surface area contributed by atoms with Crippen molar-refractivity contribution in [2.45, 2.75) is 32.4 Å². The summed E-state index contributed by atoms with van der Waals surface area (Å²) in [5, 5.41) is 12.1. The number of nitrogens with one attached hydrogen (secondary N) is 1. The van der Waals surface area contributed by atoms with E-state index in [2.05, 4.69) is 21.2 Å². The average Bonchev–Trinajstić information content (AvgIpc) is 2.27. The van der Waals surface area contributed by atoms with E-state index < -0.39 is 11.7 Å². The number of rotatable bonds is 3. The highest BCUT2D eigenvalue weighted by Gasteiger charge is 2.20. The first-order chi connectivity index (χ1) is 8.73. The molecule has 1 aromatic carbocycles. The van der Waals surface area contributed by atoms with Crippen molar-refractivity contribution in [1.29, 1.82) is 0 Å². The van der Waals surface area contributed by atoms with Crippen LogP contribution in [0.25, 0.3) is 0 Å². The molecule has 0 bridgehead atoms. The Hall–Kier alpha value is -1.27. The minimum atomic E-state index is -0.557. The molecule has 1 aromatic rings. The highest BCUT2D eigenvalue weighted by molar-refractivity contribution is 9.10. The molecule has 0 aromatic heterocycles. The minimum absolute atomic E-state index is 0.136. The van der Waals surface area contributed by atoms with Crippen LogP contribution in [0.3, 0.4) is 0 Å². The topological polar surface area (TPSA) is 84.6 Å². The molecule has 0 aliphatic carbocycles. The van der Waals surface area contributed by atoms with Gasteiger partial charge in [-0.1, -0.05) is 6.07 Å². The Labute approximate surface area is 121 Å². The maximum atomic E-state index is 11.7. The zero-order chi connectivity index (χ0) is 14.6. The first kappa shape index (κ1) is 15.8. The van der Waals surface area contributed by atoms with Gasteiger partial charge < -0.3 is 20.9 Å². The monoisotopic (exact) mass is 330 g/mol. The van der Waals surface area contributed by atoms with Gasteiger partial charge in [-0.15, -0.1) is 0 Å². The second-order valence-corrected chi connectivity index (χ2v) is 6.00. The standard InChI is InChI=1S/C13H19BrN2O3/c1-13(2,3)19-12(18)16-10(7-15)8-4-5-11(17)9(14)6-8/h4-6,10,17H,7,15H2,1-3H3,(H,16,18). The van der Waals surface area contributed by atoms with Crippen LogP contribution in [-0.4, -0.2) is 23.3 Å². The molecule has 1 amide bonds. The molecule has 0 heterocycles. The molecule has 6 heteroatoms. The molecule has 5 nitrogen and oxygen atoms in total. The number of phenolic OH excluding ortho intramolecular Hbond substituents is 1. The number of halogens is 1. The molecule has 4 N–H and O–H groups in total. The zero-order valence-electron chi connectivity index (χ0n) is 11.2. The highest BCUT2D eigenvalue weighted by atomic mass is 79.9. The number of hydrogen-bond donors (Lipinski definition) is 3. The number of aromatic hydroxyl groups is 1. The van der Waals surface area contributed by atoms with Crippen molar-refractivity contribution in [3.63, 3.8) is 0 Å². The van der Waals surface area contributed by atoms with Crippen LogP contribution in [-0.2, 0) is 4.74 Å². The molecule has 1 rings (SSSR count). The number of hydrogen-bond acceptors (Lipinski definition) is 4. The van der Waals surface area contributed by atoms with Crippen LogP contribution in [0, 0.1) is 0 Å². The molecular weight excluding hydrogens is 312 g/mol. The quantitative estimate of drug-likeness (QED) is 0.795. The normalized spacial score (nSPS) is 12.9. The smallest absolute Gasteiger partial charge is 0.408 e. The summed E-state index contributed by atoms with van der Waals surface area (Å²) in [6.45, 7) is 5.61. The Kier molecular flexibility index (Phi) is 5.20. The largest absolute Gasteiger partial charge is 0.507 e. The molecule has 19 heavy (non-hydrogen) atoms. The fraction of sp³-hybridized carbons (Fsp3) is 0.462. The molecule has 0 spiro atoms. The lowest BCUT2D eigenvalue weighted by Gasteiger charge is -2.23. The van der Waals surface area contributed by atoms with E-state index >= 15 is 0 Å². The Morgan fingerprint density at radius 1 is 1.53 bits per heavy atom. The predicted molar refractivity (Wildman–Crippen MR) is 77.0 cm³/mol. The van der Waals surface area contributed by atoms with Crippen LogP contribution in [0.4, 0.5) is 4.79 Å². The number of amides is 1. The second-order valence-electron chi connectivity index (χ2n) is 5.15. The molecule has 0 aliphatic heterocycles. The number of nitrogens with two attached hydrogens (primary N) is 1. The Morgan fingerprint density at radius 2 is 2.16 bits per heavy atom. The fourth-order valence-corrected chi connectivity index (χ4v) is 1.86. The molecule has 0 aliphatic rings. The lowest BCUT2D eigenvalue weighted by molar-refractivity contribution is 0.0505. The fourth-order valence-electron chi connectivity index (χ4n) is 1.47. The third kappa shape index (κ3) is 5.08. The van der Waals surface area contributed by atoms with Gasteiger partial charge in [0.1, 0.15) is 11.4 Å². The summed E-state index contributed by atoms with van der Waals surface area (Å²) in [4.78, 5) is 11.7. The molecule has 106 valence electrons. The maximum absolute atomic E-state index is 11.7. The van der Waals surface area contributed by atoms with Crippen molar-refractivity contribution in [2.24, 2.45) is 5.73 Å². The molecule has 0 saturated heterocycles. The van der Waals surface area contributed by atoms with E-state index in [4.69, 9.17) is 10.5 Å². The van der Waals surface area contributed by atoms with Crippen molar-refractivity contribution < 1.29 is 14.6 Å². The van der Waals surface area contributed by atoms with E-state index in [0.717, 1.165) is 5.56 Å². The van der Waals surface area contributed by atoms with E-state index in [-0.39, 0.29) is 18.3 Å². The SMILES string of the molecule is CC(C)(C)OC(=O)NC(CN)c1ccc(O)c(Br)c1. The van der Waals surface area contributed by atoms with Crippen LogP contribution in [0.5, 0.6) is 5.75 Å². The Balaban J connectivity index is 2.78. The van der Waals surface area contributed by atoms with Crippen molar-refractivity contribution in [1.82, 2.24) is 5.32 Å². The van der Waals surface area contributed by atoms with Crippen molar-refractivity contribution in [3.05, 3.63) is 28.2 Å². The van der Waals surface area contributed by atoms with E-state index in [9.17, 15) is 9.90 Å². The number of carbonyl (C=O) groups is 1. The van der Waals surface area contributed by atoms with Gasteiger partial charge >= 0.3 is 6.09 Å². The lowest BCUT2D eigenvalue weighted by Crippen LogP contribution is -2.37. The van der Waals surface area contributed by atoms with Gasteiger partial charge in [0.25, 0.3) is 0 Å². The summed E-state index contributed by atoms with van der Waals surface area (Å²) >= 11 is 3.22. The van der Waals surface area contributed by atoms with Crippen molar-refractivity contribution in [2.75, 3.05) is 6.54 Å². The molecule has 0 radical (unpaired) electrons. The van der Waals surface area contributed by atoms with Crippen LogP contribution >= 0.6 is 15.9 Å². The van der Waals surface area contributed by atoms with Gasteiger partial charge in [0.2, 0.25) is 0 Å². The van der Waals surface area contributed by atoms with Gasteiger partial charge in [0.05, 0.1) is 10.5 Å². The van der Waals surface area contributed by atoms with Crippen LogP contribution in [0.2, 0.25) is 0 Å². The minimum Gasteiger partial charge on any atom is -0.507 e. The van der Waals surface area contributed by atoms with Crippen LogP contribution in [0.1, 0.15) is 32.4 Å². The first-order valence-electron chi connectivity index (χ1n) is 5.91. The van der Waals surface area contributed by atoms with E-state index in [1.54, 1.807) is 39.0 Å². The van der Waals surface area contributed by atoms with Gasteiger partial charge in [-0.05, 0) is 54.4 Å². The third-order valence-electron chi connectivity index (χ3n) is 2.30. The van der Waals surface area contributed by atoms with Gasteiger partial charge in [-0.2, -0.15) is 0 Å². The summed E-state index contributed by atoms with van der Waals surface area (Å²) in [6.07, 6.45) is -0.521. The number of phenols is 1. The molecule has 0 saturated carbocycles. The van der Waals surface area contributed by atoms with Gasteiger partial charge in [0, 0.05) is 6.54 Å². The van der Waals surface area contributed by atoms with Gasteiger partial charge in [-0.3, -0.25) is 0 Å². The predicted octanol–water partition coefficient (Wildman–Crippen LogP) is 2.68. The van der Waals surface area contributed by atoms with Crippen molar-refractivity contribution in [3.8, 4) is 5.75 Å².